The molecule has 0 fully saturated rings. The third-order valence-electron chi connectivity index (χ3n) is 4.91. The van der Waals surface area contributed by atoms with Crippen LogP contribution in [0, 0.1) is 5.82 Å². The Morgan fingerprint density at radius 3 is 2.71 bits per heavy atom. The molecule has 5 rings (SSSR count). The van der Waals surface area contributed by atoms with Gasteiger partial charge in [-0.25, -0.2) is 14.4 Å². The van der Waals surface area contributed by atoms with E-state index in [1.165, 1.54) is 12.4 Å². The molecule has 0 unspecified atom stereocenters. The van der Waals surface area contributed by atoms with E-state index in [1.807, 2.05) is 49.6 Å². The van der Waals surface area contributed by atoms with E-state index in [4.69, 9.17) is 11.6 Å². The lowest BCUT2D eigenvalue weighted by molar-refractivity contribution is 0.631. The standard InChI is InChI=1S/C23H16ClFN6/c1-31-11-9-20(30-31)29-23-16-12-14(7-8-19(16)27-13-28-23)15-4-3-10-26-22(15)21-17(24)5-2-6-18(21)25/h2-13H,1H3,(H,27,28,29,30). The summed E-state index contributed by atoms with van der Waals surface area (Å²) in [6.45, 7) is 0. The van der Waals surface area contributed by atoms with E-state index in [1.54, 1.807) is 23.0 Å². The van der Waals surface area contributed by atoms with Crippen molar-refractivity contribution in [3.63, 3.8) is 0 Å². The van der Waals surface area contributed by atoms with Crippen LogP contribution in [-0.4, -0.2) is 24.7 Å². The average Bonchev–Trinajstić information content (AvgIpc) is 3.18. The largest absolute Gasteiger partial charge is 0.323 e. The second-order valence-corrected chi connectivity index (χ2v) is 7.36. The lowest BCUT2D eigenvalue weighted by Crippen LogP contribution is -1.98. The summed E-state index contributed by atoms with van der Waals surface area (Å²) in [5.41, 5.74) is 3.11. The second kappa shape index (κ2) is 7.77. The molecule has 0 atom stereocenters. The molecule has 152 valence electrons. The summed E-state index contributed by atoms with van der Waals surface area (Å²) in [6.07, 6.45) is 4.97. The van der Waals surface area contributed by atoms with Gasteiger partial charge < -0.3 is 5.32 Å². The summed E-state index contributed by atoms with van der Waals surface area (Å²) in [5, 5.41) is 8.69. The molecule has 0 saturated heterocycles. The highest BCUT2D eigenvalue weighted by Crippen LogP contribution is 2.37. The summed E-state index contributed by atoms with van der Waals surface area (Å²) in [6, 6.07) is 15.9. The molecule has 0 bridgehead atoms. The summed E-state index contributed by atoms with van der Waals surface area (Å²) >= 11 is 6.32. The minimum atomic E-state index is -0.422. The first kappa shape index (κ1) is 19.1. The van der Waals surface area contributed by atoms with E-state index < -0.39 is 5.82 Å². The molecule has 3 heterocycles. The van der Waals surface area contributed by atoms with Crippen molar-refractivity contribution in [2.24, 2.45) is 7.05 Å². The zero-order valence-electron chi connectivity index (χ0n) is 16.4. The van der Waals surface area contributed by atoms with Gasteiger partial charge in [0.05, 0.1) is 21.8 Å². The molecule has 0 radical (unpaired) electrons. The minimum absolute atomic E-state index is 0.274. The normalized spacial score (nSPS) is 11.1. The van der Waals surface area contributed by atoms with Gasteiger partial charge in [0.25, 0.3) is 0 Å². The third-order valence-corrected chi connectivity index (χ3v) is 5.23. The Morgan fingerprint density at radius 1 is 1.00 bits per heavy atom. The van der Waals surface area contributed by atoms with Gasteiger partial charge in [-0.2, -0.15) is 5.10 Å². The number of benzene rings is 2. The Bertz CT molecular complexity index is 1390. The van der Waals surface area contributed by atoms with Gasteiger partial charge in [0.1, 0.15) is 18.0 Å². The summed E-state index contributed by atoms with van der Waals surface area (Å²) < 4.78 is 16.3. The van der Waals surface area contributed by atoms with Crippen LogP contribution in [0.3, 0.4) is 0 Å². The maximum atomic E-state index is 14.6. The third kappa shape index (κ3) is 3.60. The van der Waals surface area contributed by atoms with Crippen LogP contribution in [0.4, 0.5) is 16.0 Å². The lowest BCUT2D eigenvalue weighted by Gasteiger charge is -2.13. The summed E-state index contributed by atoms with van der Waals surface area (Å²) in [4.78, 5) is 13.2. The smallest absolute Gasteiger partial charge is 0.153 e. The van der Waals surface area contributed by atoms with Gasteiger partial charge in [-0.1, -0.05) is 29.8 Å². The number of aromatic nitrogens is 5. The molecule has 0 amide bonds. The van der Waals surface area contributed by atoms with Gasteiger partial charge in [-0.05, 0) is 35.9 Å². The van der Waals surface area contributed by atoms with Crippen molar-refractivity contribution in [3.8, 4) is 22.4 Å². The number of nitrogens with one attached hydrogen (secondary N) is 1. The van der Waals surface area contributed by atoms with Crippen LogP contribution < -0.4 is 5.32 Å². The Labute approximate surface area is 182 Å². The molecule has 8 heteroatoms. The molecule has 0 aliphatic carbocycles. The quantitative estimate of drug-likeness (QED) is 0.400. The van der Waals surface area contributed by atoms with Crippen LogP contribution in [0.15, 0.2) is 73.3 Å². The van der Waals surface area contributed by atoms with Crippen molar-refractivity contribution < 1.29 is 4.39 Å². The van der Waals surface area contributed by atoms with Gasteiger partial charge in [-0.15, -0.1) is 0 Å². The molecule has 2 aromatic carbocycles. The SMILES string of the molecule is Cn1ccc(Nc2ncnc3ccc(-c4cccnc4-c4c(F)cccc4Cl)cc23)n1. The highest BCUT2D eigenvalue weighted by molar-refractivity contribution is 6.33. The maximum Gasteiger partial charge on any atom is 0.153 e. The molecule has 0 spiro atoms. The van der Waals surface area contributed by atoms with Crippen LogP contribution in [-0.2, 0) is 7.05 Å². The zero-order chi connectivity index (χ0) is 21.4. The Morgan fingerprint density at radius 2 is 1.90 bits per heavy atom. The molecule has 0 saturated carbocycles. The first-order chi connectivity index (χ1) is 15.1. The highest BCUT2D eigenvalue weighted by Gasteiger charge is 2.17. The summed E-state index contributed by atoms with van der Waals surface area (Å²) in [5.74, 6) is 0.877. The van der Waals surface area contributed by atoms with Crippen molar-refractivity contribution in [3.05, 3.63) is 84.2 Å². The van der Waals surface area contributed by atoms with Crippen molar-refractivity contribution in [2.75, 3.05) is 5.32 Å². The van der Waals surface area contributed by atoms with Crippen LogP contribution in [0.5, 0.6) is 0 Å². The minimum Gasteiger partial charge on any atom is -0.323 e. The predicted molar refractivity (Wildman–Crippen MR) is 120 cm³/mol. The number of nitrogens with zero attached hydrogens (tertiary/aromatic N) is 5. The van der Waals surface area contributed by atoms with Crippen LogP contribution in [0.1, 0.15) is 0 Å². The molecule has 0 aliphatic heterocycles. The van der Waals surface area contributed by atoms with Gasteiger partial charge in [0, 0.05) is 36.5 Å². The van der Waals surface area contributed by atoms with E-state index in [-0.39, 0.29) is 5.56 Å². The van der Waals surface area contributed by atoms with Crippen LogP contribution >= 0.6 is 11.6 Å². The summed E-state index contributed by atoms with van der Waals surface area (Å²) in [7, 11) is 1.85. The molecule has 0 aliphatic rings. The van der Waals surface area contributed by atoms with Gasteiger partial charge in [0.15, 0.2) is 5.82 Å². The highest BCUT2D eigenvalue weighted by atomic mass is 35.5. The second-order valence-electron chi connectivity index (χ2n) is 6.95. The Hall–Kier alpha value is -3.84. The van der Waals surface area contributed by atoms with Gasteiger partial charge >= 0.3 is 0 Å². The van der Waals surface area contributed by atoms with Crippen LogP contribution in [0.2, 0.25) is 5.02 Å². The molecule has 3 aromatic heterocycles. The average molecular weight is 431 g/mol. The fourth-order valence-corrected chi connectivity index (χ4v) is 3.74. The fourth-order valence-electron chi connectivity index (χ4n) is 3.49. The number of pyridine rings is 1. The van der Waals surface area contributed by atoms with E-state index in [9.17, 15) is 4.39 Å². The van der Waals surface area contributed by atoms with Crippen molar-refractivity contribution in [2.45, 2.75) is 0 Å². The number of hydrogen-bond acceptors (Lipinski definition) is 5. The number of halogens is 2. The molecular formula is C23H16ClFN6. The van der Waals surface area contributed by atoms with Crippen molar-refractivity contribution >= 4 is 34.1 Å². The molecule has 31 heavy (non-hydrogen) atoms. The van der Waals surface area contributed by atoms with E-state index >= 15 is 0 Å². The topological polar surface area (TPSA) is 68.5 Å². The number of aryl methyl sites for hydroxylation is 1. The Balaban J connectivity index is 1.66. The first-order valence-electron chi connectivity index (χ1n) is 9.51. The number of hydrogen-bond donors (Lipinski definition) is 1. The number of fused-ring (bicyclic) bond motifs is 1. The van der Waals surface area contributed by atoms with Crippen LogP contribution in [0.25, 0.3) is 33.3 Å². The fraction of sp³-hybridized carbons (Fsp3) is 0.0435. The molecule has 6 nitrogen and oxygen atoms in total. The van der Waals surface area contributed by atoms with Crippen molar-refractivity contribution in [1.29, 1.82) is 0 Å². The number of rotatable bonds is 4. The molecule has 5 aromatic rings. The van der Waals surface area contributed by atoms with E-state index in [0.717, 1.165) is 22.0 Å². The number of anilines is 2. The Kier molecular flexibility index (Phi) is 4.80. The van der Waals surface area contributed by atoms with Crippen molar-refractivity contribution in [1.82, 2.24) is 24.7 Å². The maximum absolute atomic E-state index is 14.6. The monoisotopic (exact) mass is 430 g/mol. The van der Waals surface area contributed by atoms with E-state index in [2.05, 4.69) is 25.4 Å². The first-order valence-corrected chi connectivity index (χ1v) is 9.89. The molecular weight excluding hydrogens is 415 g/mol. The van der Waals surface area contributed by atoms with Gasteiger partial charge in [0.2, 0.25) is 0 Å². The predicted octanol–water partition coefficient (Wildman–Crippen LogP) is 5.63. The van der Waals surface area contributed by atoms with Gasteiger partial charge in [-0.3, -0.25) is 9.67 Å². The zero-order valence-corrected chi connectivity index (χ0v) is 17.2. The lowest BCUT2D eigenvalue weighted by atomic mass is 9.98. The molecule has 1 N–H and O–H groups in total. The van der Waals surface area contributed by atoms with E-state index in [0.29, 0.717) is 22.4 Å².